The number of amides is 1. The largest absolute Gasteiger partial charge is 0.291 e. The molecule has 1 aromatic heterocycles. The summed E-state index contributed by atoms with van der Waals surface area (Å²) >= 11 is 0. The van der Waals surface area contributed by atoms with Crippen LogP contribution in [0.25, 0.3) is 11.1 Å². The van der Waals surface area contributed by atoms with E-state index in [-0.39, 0.29) is 11.6 Å². The lowest BCUT2D eigenvalue weighted by Crippen LogP contribution is -2.20. The van der Waals surface area contributed by atoms with Gasteiger partial charge in [0, 0.05) is 12.4 Å². The molecule has 0 radical (unpaired) electrons. The highest BCUT2D eigenvalue weighted by molar-refractivity contribution is 6.00. The van der Waals surface area contributed by atoms with E-state index in [1.807, 2.05) is 49.4 Å². The molecule has 2 aromatic carbocycles. The fourth-order valence-corrected chi connectivity index (χ4v) is 2.21. The molecule has 0 saturated carbocycles. The number of benzene rings is 2. The standard InChI is InChI=1S/C19H16N4O/c1-14(22-23-19(24)18-13-20-11-12-21-18)15-7-9-17(10-8-15)16-5-3-2-4-6-16/h2-13H,1H3,(H,23,24)/b22-14-. The molecule has 0 aliphatic rings. The quantitative estimate of drug-likeness (QED) is 0.593. The molecule has 1 N–H and O–H groups in total. The summed E-state index contributed by atoms with van der Waals surface area (Å²) in [6.07, 6.45) is 4.38. The number of hydrazone groups is 1. The Labute approximate surface area is 140 Å². The van der Waals surface area contributed by atoms with Gasteiger partial charge >= 0.3 is 0 Å². The highest BCUT2D eigenvalue weighted by Gasteiger charge is 2.06. The second-order valence-electron chi connectivity index (χ2n) is 5.17. The first-order valence-electron chi connectivity index (χ1n) is 7.50. The summed E-state index contributed by atoms with van der Waals surface area (Å²) in [5.41, 5.74) is 6.67. The number of nitrogens with one attached hydrogen (secondary N) is 1. The van der Waals surface area contributed by atoms with Crippen LogP contribution in [-0.2, 0) is 0 Å². The van der Waals surface area contributed by atoms with Crippen LogP contribution in [0.2, 0.25) is 0 Å². The Balaban J connectivity index is 1.71. The fraction of sp³-hybridized carbons (Fsp3) is 0.0526. The van der Waals surface area contributed by atoms with Gasteiger partial charge in [-0.1, -0.05) is 54.6 Å². The van der Waals surface area contributed by atoms with Gasteiger partial charge < -0.3 is 0 Å². The maximum absolute atomic E-state index is 11.9. The molecule has 0 bridgehead atoms. The fourth-order valence-electron chi connectivity index (χ4n) is 2.21. The lowest BCUT2D eigenvalue weighted by atomic mass is 10.0. The van der Waals surface area contributed by atoms with E-state index in [0.29, 0.717) is 5.71 Å². The van der Waals surface area contributed by atoms with E-state index < -0.39 is 0 Å². The lowest BCUT2D eigenvalue weighted by Gasteiger charge is -2.05. The molecule has 0 unspecified atom stereocenters. The molecular weight excluding hydrogens is 300 g/mol. The van der Waals surface area contributed by atoms with E-state index in [2.05, 4.69) is 32.6 Å². The molecule has 1 heterocycles. The zero-order chi connectivity index (χ0) is 16.8. The van der Waals surface area contributed by atoms with Crippen molar-refractivity contribution in [3.05, 3.63) is 84.4 Å². The van der Waals surface area contributed by atoms with E-state index >= 15 is 0 Å². The maximum Gasteiger partial charge on any atom is 0.291 e. The predicted octanol–water partition coefficient (Wildman–Crippen LogP) is 3.30. The molecule has 0 atom stereocenters. The molecule has 0 aliphatic heterocycles. The number of hydrogen-bond donors (Lipinski definition) is 1. The Hall–Kier alpha value is -3.34. The van der Waals surface area contributed by atoms with Crippen LogP contribution in [0.4, 0.5) is 0 Å². The summed E-state index contributed by atoms with van der Waals surface area (Å²) in [6, 6.07) is 18.2. The van der Waals surface area contributed by atoms with Crippen LogP contribution in [-0.4, -0.2) is 21.6 Å². The predicted molar refractivity (Wildman–Crippen MR) is 93.6 cm³/mol. The van der Waals surface area contributed by atoms with Crippen LogP contribution in [0.1, 0.15) is 23.0 Å². The topological polar surface area (TPSA) is 67.2 Å². The SMILES string of the molecule is C/C(=N/NC(=O)c1cnccn1)c1ccc(-c2ccccc2)cc1. The van der Waals surface area contributed by atoms with E-state index in [9.17, 15) is 4.79 Å². The number of carbonyl (C=O) groups is 1. The van der Waals surface area contributed by atoms with Crippen molar-refractivity contribution in [1.82, 2.24) is 15.4 Å². The first kappa shape index (κ1) is 15.6. The van der Waals surface area contributed by atoms with Crippen molar-refractivity contribution in [2.45, 2.75) is 6.92 Å². The minimum Gasteiger partial charge on any atom is -0.265 e. The van der Waals surface area contributed by atoms with Crippen molar-refractivity contribution < 1.29 is 4.79 Å². The Kier molecular flexibility index (Phi) is 4.72. The van der Waals surface area contributed by atoms with Gasteiger partial charge in [-0.15, -0.1) is 0 Å². The zero-order valence-corrected chi connectivity index (χ0v) is 13.2. The summed E-state index contributed by atoms with van der Waals surface area (Å²) in [5.74, 6) is -0.386. The van der Waals surface area contributed by atoms with E-state index in [0.717, 1.165) is 16.7 Å². The molecule has 3 rings (SSSR count). The molecule has 118 valence electrons. The van der Waals surface area contributed by atoms with Crippen molar-refractivity contribution in [2.75, 3.05) is 0 Å². The molecule has 0 spiro atoms. The third-order valence-electron chi connectivity index (χ3n) is 3.53. The number of carbonyl (C=O) groups excluding carboxylic acids is 1. The maximum atomic E-state index is 11.9. The Morgan fingerprint density at radius 1 is 0.958 bits per heavy atom. The van der Waals surface area contributed by atoms with Gasteiger partial charge in [-0.2, -0.15) is 5.10 Å². The monoisotopic (exact) mass is 316 g/mol. The summed E-state index contributed by atoms with van der Waals surface area (Å²) < 4.78 is 0. The molecule has 24 heavy (non-hydrogen) atoms. The minimum absolute atomic E-state index is 0.230. The smallest absolute Gasteiger partial charge is 0.265 e. The van der Waals surface area contributed by atoms with E-state index in [4.69, 9.17) is 0 Å². The highest BCUT2D eigenvalue weighted by Crippen LogP contribution is 2.19. The number of hydrogen-bond acceptors (Lipinski definition) is 4. The second kappa shape index (κ2) is 7.28. The van der Waals surface area contributed by atoms with Crippen molar-refractivity contribution in [3.8, 4) is 11.1 Å². The molecular formula is C19H16N4O. The van der Waals surface area contributed by atoms with Gasteiger partial charge in [-0.05, 0) is 23.6 Å². The van der Waals surface area contributed by atoms with Crippen molar-refractivity contribution in [2.24, 2.45) is 5.10 Å². The van der Waals surface area contributed by atoms with E-state index in [1.54, 1.807) is 0 Å². The molecule has 5 nitrogen and oxygen atoms in total. The average Bonchev–Trinajstić information content (AvgIpc) is 2.67. The Morgan fingerprint density at radius 3 is 2.33 bits per heavy atom. The van der Waals surface area contributed by atoms with Crippen LogP contribution in [0, 0.1) is 0 Å². The van der Waals surface area contributed by atoms with Gasteiger partial charge in [0.15, 0.2) is 0 Å². The Bertz CT molecular complexity index is 844. The summed E-state index contributed by atoms with van der Waals surface area (Å²) in [4.78, 5) is 19.7. The highest BCUT2D eigenvalue weighted by atomic mass is 16.2. The molecule has 5 heteroatoms. The third kappa shape index (κ3) is 3.70. The van der Waals surface area contributed by atoms with Crippen LogP contribution >= 0.6 is 0 Å². The second-order valence-corrected chi connectivity index (χ2v) is 5.17. The number of nitrogens with zero attached hydrogens (tertiary/aromatic N) is 3. The Morgan fingerprint density at radius 2 is 1.67 bits per heavy atom. The normalized spacial score (nSPS) is 11.1. The number of aromatic nitrogens is 2. The summed E-state index contributed by atoms with van der Waals surface area (Å²) in [6.45, 7) is 1.84. The van der Waals surface area contributed by atoms with Crippen molar-refractivity contribution in [1.29, 1.82) is 0 Å². The third-order valence-corrected chi connectivity index (χ3v) is 3.53. The molecule has 3 aromatic rings. The summed E-state index contributed by atoms with van der Waals surface area (Å²) in [7, 11) is 0. The first-order chi connectivity index (χ1) is 11.7. The molecule has 0 saturated heterocycles. The van der Waals surface area contributed by atoms with Crippen LogP contribution in [0.3, 0.4) is 0 Å². The van der Waals surface area contributed by atoms with Gasteiger partial charge in [0.2, 0.25) is 0 Å². The van der Waals surface area contributed by atoms with Crippen LogP contribution < -0.4 is 5.43 Å². The van der Waals surface area contributed by atoms with Crippen molar-refractivity contribution >= 4 is 11.6 Å². The number of rotatable bonds is 4. The van der Waals surface area contributed by atoms with Gasteiger partial charge in [-0.3, -0.25) is 9.78 Å². The minimum atomic E-state index is -0.386. The lowest BCUT2D eigenvalue weighted by molar-refractivity contribution is 0.0949. The van der Waals surface area contributed by atoms with Gasteiger partial charge in [0.05, 0.1) is 11.9 Å². The van der Waals surface area contributed by atoms with E-state index in [1.165, 1.54) is 18.6 Å². The summed E-state index contributed by atoms with van der Waals surface area (Å²) in [5, 5.41) is 4.12. The molecule has 1 amide bonds. The van der Waals surface area contributed by atoms with Crippen LogP contribution in [0.15, 0.2) is 78.3 Å². The van der Waals surface area contributed by atoms with Crippen LogP contribution in [0.5, 0.6) is 0 Å². The first-order valence-corrected chi connectivity index (χ1v) is 7.50. The average molecular weight is 316 g/mol. The molecule has 0 aliphatic carbocycles. The van der Waals surface area contributed by atoms with Crippen molar-refractivity contribution in [3.63, 3.8) is 0 Å². The molecule has 0 fully saturated rings. The van der Waals surface area contributed by atoms with Gasteiger partial charge in [0.25, 0.3) is 5.91 Å². The van der Waals surface area contributed by atoms with Gasteiger partial charge in [-0.25, -0.2) is 10.4 Å². The zero-order valence-electron chi connectivity index (χ0n) is 13.2. The van der Waals surface area contributed by atoms with Gasteiger partial charge in [0.1, 0.15) is 5.69 Å².